The molecule has 1 N–H and O–H groups in total. The van der Waals surface area contributed by atoms with E-state index in [0.29, 0.717) is 27.4 Å². The number of benzene rings is 2. The molecule has 0 spiro atoms. The van der Waals surface area contributed by atoms with Crippen molar-refractivity contribution in [1.82, 2.24) is 24.3 Å². The smallest absolute Gasteiger partial charge is 0.321 e. The van der Waals surface area contributed by atoms with Crippen LogP contribution < -0.4 is 5.32 Å². The Kier molecular flexibility index (Phi) is 5.45. The maximum atomic E-state index is 13.5. The number of aromatic nitrogens is 5. The molecular formula is C18H13ClF2N6OS. The number of para-hydroxylation sites is 2. The van der Waals surface area contributed by atoms with Gasteiger partial charge in [-0.25, -0.2) is 14.6 Å². The first-order valence-corrected chi connectivity index (χ1v) is 9.71. The quantitative estimate of drug-likeness (QED) is 0.455. The summed E-state index contributed by atoms with van der Waals surface area (Å²) in [5, 5.41) is 7.27. The summed E-state index contributed by atoms with van der Waals surface area (Å²) in [5.41, 5.74) is 1.76. The maximum Gasteiger partial charge on any atom is 0.321 e. The molecule has 148 valence electrons. The van der Waals surface area contributed by atoms with Crippen LogP contribution in [0, 0.1) is 0 Å². The fraction of sp³-hybridized carbons (Fsp3) is 0.111. The molecule has 0 saturated heterocycles. The summed E-state index contributed by atoms with van der Waals surface area (Å²) in [5.74, 6) is -0.509. The molecule has 0 aliphatic heterocycles. The van der Waals surface area contributed by atoms with E-state index < -0.39 is 12.5 Å². The van der Waals surface area contributed by atoms with Crippen LogP contribution in [0.5, 0.6) is 0 Å². The Morgan fingerprint density at radius 1 is 1.24 bits per heavy atom. The third-order valence-corrected chi connectivity index (χ3v) is 5.18. The third-order valence-electron chi connectivity index (χ3n) is 3.99. The van der Waals surface area contributed by atoms with Crippen molar-refractivity contribution >= 4 is 46.0 Å². The van der Waals surface area contributed by atoms with Gasteiger partial charge in [0.15, 0.2) is 5.16 Å². The topological polar surface area (TPSA) is 77.6 Å². The fourth-order valence-electron chi connectivity index (χ4n) is 2.77. The van der Waals surface area contributed by atoms with Gasteiger partial charge in [-0.2, -0.15) is 13.9 Å². The number of carbonyl (C=O) groups excluding carboxylic acids is 1. The molecule has 2 aromatic carbocycles. The molecule has 29 heavy (non-hydrogen) atoms. The van der Waals surface area contributed by atoms with Crippen molar-refractivity contribution in [2.24, 2.45) is 0 Å². The van der Waals surface area contributed by atoms with Gasteiger partial charge in [0.1, 0.15) is 12.7 Å². The Labute approximate surface area is 172 Å². The molecule has 0 atom stereocenters. The minimum atomic E-state index is -2.76. The van der Waals surface area contributed by atoms with Crippen molar-refractivity contribution in [3.63, 3.8) is 0 Å². The van der Waals surface area contributed by atoms with Gasteiger partial charge in [-0.05, 0) is 30.3 Å². The van der Waals surface area contributed by atoms with E-state index in [1.165, 1.54) is 17.3 Å². The van der Waals surface area contributed by atoms with E-state index >= 15 is 0 Å². The summed E-state index contributed by atoms with van der Waals surface area (Å²) < 4.78 is 29.3. The predicted molar refractivity (Wildman–Crippen MR) is 107 cm³/mol. The number of hydrogen-bond donors (Lipinski definition) is 1. The highest BCUT2D eigenvalue weighted by atomic mass is 35.5. The second-order valence-electron chi connectivity index (χ2n) is 5.87. The van der Waals surface area contributed by atoms with Crippen molar-refractivity contribution in [2.45, 2.75) is 11.7 Å². The van der Waals surface area contributed by atoms with Crippen molar-refractivity contribution in [1.29, 1.82) is 0 Å². The Morgan fingerprint density at radius 3 is 2.83 bits per heavy atom. The monoisotopic (exact) mass is 434 g/mol. The molecule has 0 aliphatic carbocycles. The zero-order chi connectivity index (χ0) is 20.4. The highest BCUT2D eigenvalue weighted by Crippen LogP contribution is 2.30. The lowest BCUT2D eigenvalue weighted by molar-refractivity contribution is -0.113. The van der Waals surface area contributed by atoms with Crippen LogP contribution >= 0.6 is 23.4 Å². The van der Waals surface area contributed by atoms with Gasteiger partial charge in [-0.1, -0.05) is 35.5 Å². The molecule has 4 rings (SSSR count). The summed E-state index contributed by atoms with van der Waals surface area (Å²) in [7, 11) is 0. The Hall–Kier alpha value is -2.98. The van der Waals surface area contributed by atoms with Crippen molar-refractivity contribution in [3.05, 3.63) is 60.1 Å². The zero-order valence-corrected chi connectivity index (χ0v) is 16.2. The van der Waals surface area contributed by atoms with Crippen LogP contribution in [-0.4, -0.2) is 36.0 Å². The first-order chi connectivity index (χ1) is 14.0. The molecular weight excluding hydrogens is 422 g/mol. The molecule has 0 fully saturated rings. The van der Waals surface area contributed by atoms with E-state index in [1.54, 1.807) is 42.5 Å². The largest absolute Gasteiger partial charge is 0.323 e. The molecule has 0 aliphatic rings. The summed E-state index contributed by atoms with van der Waals surface area (Å²) in [6.07, 6.45) is 2.85. The zero-order valence-electron chi connectivity index (χ0n) is 14.7. The molecule has 11 heteroatoms. The van der Waals surface area contributed by atoms with Gasteiger partial charge in [0.25, 0.3) is 0 Å². The van der Waals surface area contributed by atoms with Gasteiger partial charge >= 0.3 is 6.55 Å². The number of halogens is 3. The number of fused-ring (bicyclic) bond motifs is 1. The second-order valence-corrected chi connectivity index (χ2v) is 7.25. The number of nitrogens with zero attached hydrogens (tertiary/aromatic N) is 5. The molecule has 7 nitrogen and oxygen atoms in total. The van der Waals surface area contributed by atoms with Crippen LogP contribution in [0.15, 0.2) is 60.3 Å². The van der Waals surface area contributed by atoms with Crippen LogP contribution in [0.4, 0.5) is 14.5 Å². The average molecular weight is 435 g/mol. The van der Waals surface area contributed by atoms with Crippen LogP contribution in [0.1, 0.15) is 6.55 Å². The summed E-state index contributed by atoms with van der Waals surface area (Å²) >= 11 is 6.96. The fourth-order valence-corrected chi connectivity index (χ4v) is 3.75. The number of nitrogens with one attached hydrogen (secondary N) is 1. The van der Waals surface area contributed by atoms with Crippen LogP contribution in [0.25, 0.3) is 16.7 Å². The van der Waals surface area contributed by atoms with E-state index in [4.69, 9.17) is 11.6 Å². The average Bonchev–Trinajstić information content (AvgIpc) is 3.34. The molecule has 2 heterocycles. The van der Waals surface area contributed by atoms with Gasteiger partial charge in [-0.3, -0.25) is 9.36 Å². The number of carbonyl (C=O) groups is 1. The SMILES string of the molecule is O=C(CSc1nc2ccccc2n1C(F)F)Nc1cc(Cl)ccc1-n1cncn1. The second kappa shape index (κ2) is 8.18. The van der Waals surface area contributed by atoms with Gasteiger partial charge in [0, 0.05) is 5.02 Å². The van der Waals surface area contributed by atoms with E-state index in [9.17, 15) is 13.6 Å². The predicted octanol–water partition coefficient (Wildman–Crippen LogP) is 4.40. The van der Waals surface area contributed by atoms with Crippen LogP contribution in [0.3, 0.4) is 0 Å². The van der Waals surface area contributed by atoms with Gasteiger partial charge in [0.2, 0.25) is 5.91 Å². The number of anilines is 1. The lowest BCUT2D eigenvalue weighted by Crippen LogP contribution is -2.16. The Balaban J connectivity index is 1.53. The summed E-state index contributed by atoms with van der Waals surface area (Å²) in [4.78, 5) is 20.6. The molecule has 0 saturated carbocycles. The lowest BCUT2D eigenvalue weighted by Gasteiger charge is -2.11. The molecule has 1 amide bonds. The van der Waals surface area contributed by atoms with E-state index in [0.717, 1.165) is 16.3 Å². The molecule has 4 aromatic rings. The first kappa shape index (κ1) is 19.3. The number of hydrogen-bond acceptors (Lipinski definition) is 5. The normalized spacial score (nSPS) is 11.3. The Morgan fingerprint density at radius 2 is 2.07 bits per heavy atom. The molecule has 0 unspecified atom stereocenters. The lowest BCUT2D eigenvalue weighted by atomic mass is 10.2. The van der Waals surface area contributed by atoms with Crippen molar-refractivity contribution < 1.29 is 13.6 Å². The highest BCUT2D eigenvalue weighted by molar-refractivity contribution is 7.99. The van der Waals surface area contributed by atoms with E-state index in [2.05, 4.69) is 20.4 Å². The van der Waals surface area contributed by atoms with Crippen LogP contribution in [0.2, 0.25) is 5.02 Å². The number of alkyl halides is 2. The number of rotatable bonds is 6. The van der Waals surface area contributed by atoms with Crippen molar-refractivity contribution in [2.75, 3.05) is 11.1 Å². The summed E-state index contributed by atoms with van der Waals surface area (Å²) in [6, 6.07) is 11.5. The number of thioether (sulfide) groups is 1. The highest BCUT2D eigenvalue weighted by Gasteiger charge is 2.19. The van der Waals surface area contributed by atoms with Gasteiger partial charge < -0.3 is 5.32 Å². The van der Waals surface area contributed by atoms with Crippen molar-refractivity contribution in [3.8, 4) is 5.69 Å². The van der Waals surface area contributed by atoms with Crippen LogP contribution in [-0.2, 0) is 4.79 Å². The third kappa shape index (κ3) is 4.08. The number of imidazole rings is 1. The minimum absolute atomic E-state index is 0.0685. The molecule has 2 aromatic heterocycles. The van der Waals surface area contributed by atoms with E-state index in [-0.39, 0.29) is 10.9 Å². The maximum absolute atomic E-state index is 13.5. The summed E-state index contributed by atoms with van der Waals surface area (Å²) in [6.45, 7) is -2.76. The van der Waals surface area contributed by atoms with E-state index in [1.807, 2.05) is 0 Å². The first-order valence-electron chi connectivity index (χ1n) is 8.35. The molecule has 0 radical (unpaired) electrons. The standard InChI is InChI=1S/C18H13ClF2N6OS/c19-11-5-6-14(26-10-22-9-23-26)13(7-11)24-16(28)8-29-18-25-12-3-1-2-4-15(12)27(18)17(20)21/h1-7,9-10,17H,8H2,(H,24,28). The van der Waals surface area contributed by atoms with Gasteiger partial charge in [-0.15, -0.1) is 0 Å². The Bertz CT molecular complexity index is 1160. The minimum Gasteiger partial charge on any atom is -0.323 e. The van der Waals surface area contributed by atoms with Gasteiger partial charge in [0.05, 0.1) is 28.2 Å². The number of amides is 1. The molecule has 0 bridgehead atoms.